The summed E-state index contributed by atoms with van der Waals surface area (Å²) >= 11 is 2.11. The number of nitrogens with one attached hydrogen (secondary N) is 1. The standard InChI is InChI=1S/C9H10INO2/c1-5(11)6-3-8(12)9(13-2)4-7(6)10/h3-4,11-12H,1-2H3. The third-order valence-electron chi connectivity index (χ3n) is 1.67. The van der Waals surface area contributed by atoms with E-state index in [0.29, 0.717) is 11.5 Å². The number of methoxy groups -OCH3 is 1. The molecule has 0 spiro atoms. The molecule has 2 N–H and O–H groups in total. The summed E-state index contributed by atoms with van der Waals surface area (Å²) in [4.78, 5) is 0. The van der Waals surface area contributed by atoms with Crippen LogP contribution in [0.5, 0.6) is 11.5 Å². The van der Waals surface area contributed by atoms with Gasteiger partial charge in [-0.2, -0.15) is 0 Å². The molecule has 0 bridgehead atoms. The number of phenolic OH excluding ortho intramolecular Hbond substituents is 1. The van der Waals surface area contributed by atoms with Gasteiger partial charge in [0.25, 0.3) is 0 Å². The van der Waals surface area contributed by atoms with Crippen LogP contribution >= 0.6 is 22.6 Å². The van der Waals surface area contributed by atoms with Gasteiger partial charge >= 0.3 is 0 Å². The maximum Gasteiger partial charge on any atom is 0.161 e. The Morgan fingerprint density at radius 1 is 1.54 bits per heavy atom. The Morgan fingerprint density at radius 2 is 2.15 bits per heavy atom. The smallest absolute Gasteiger partial charge is 0.161 e. The van der Waals surface area contributed by atoms with Gasteiger partial charge in [-0.3, -0.25) is 0 Å². The molecule has 0 aromatic heterocycles. The fourth-order valence-corrected chi connectivity index (χ4v) is 1.84. The van der Waals surface area contributed by atoms with Crippen LogP contribution in [0.25, 0.3) is 0 Å². The summed E-state index contributed by atoms with van der Waals surface area (Å²) in [6.45, 7) is 1.68. The Bertz CT molecular complexity index is 350. The van der Waals surface area contributed by atoms with Gasteiger partial charge in [0.1, 0.15) is 0 Å². The zero-order valence-corrected chi connectivity index (χ0v) is 9.55. The highest BCUT2D eigenvalue weighted by molar-refractivity contribution is 14.1. The summed E-state index contributed by atoms with van der Waals surface area (Å²) in [5.74, 6) is 0.513. The first-order valence-electron chi connectivity index (χ1n) is 3.68. The Kier molecular flexibility index (Phi) is 3.13. The van der Waals surface area contributed by atoms with Crippen molar-refractivity contribution in [1.82, 2.24) is 0 Å². The predicted molar refractivity (Wildman–Crippen MR) is 59.9 cm³/mol. The molecule has 1 aromatic carbocycles. The van der Waals surface area contributed by atoms with Gasteiger partial charge in [0.15, 0.2) is 11.5 Å². The molecule has 1 aromatic rings. The van der Waals surface area contributed by atoms with Gasteiger partial charge in [-0.1, -0.05) is 0 Å². The minimum absolute atomic E-state index is 0.0736. The van der Waals surface area contributed by atoms with E-state index in [1.54, 1.807) is 19.1 Å². The lowest BCUT2D eigenvalue weighted by Gasteiger charge is -2.07. The van der Waals surface area contributed by atoms with Crippen molar-refractivity contribution >= 4 is 28.3 Å². The van der Waals surface area contributed by atoms with Crippen molar-refractivity contribution in [2.24, 2.45) is 0 Å². The van der Waals surface area contributed by atoms with Crippen LogP contribution in [0.4, 0.5) is 0 Å². The van der Waals surface area contributed by atoms with Gasteiger partial charge in [0.2, 0.25) is 0 Å². The van der Waals surface area contributed by atoms with Crippen molar-refractivity contribution in [1.29, 1.82) is 5.41 Å². The Morgan fingerprint density at radius 3 is 2.62 bits per heavy atom. The van der Waals surface area contributed by atoms with Gasteiger partial charge in [0, 0.05) is 14.8 Å². The zero-order chi connectivity index (χ0) is 10.0. The van der Waals surface area contributed by atoms with Crippen LogP contribution in [-0.2, 0) is 0 Å². The van der Waals surface area contributed by atoms with Crippen LogP contribution in [-0.4, -0.2) is 17.9 Å². The van der Waals surface area contributed by atoms with E-state index in [-0.39, 0.29) is 5.75 Å². The highest BCUT2D eigenvalue weighted by Gasteiger charge is 2.08. The predicted octanol–water partition coefficient (Wildman–Crippen LogP) is 2.39. The van der Waals surface area contributed by atoms with E-state index in [0.717, 1.165) is 9.13 Å². The quantitative estimate of drug-likeness (QED) is 0.649. The minimum atomic E-state index is 0.0736. The molecule has 1 rings (SSSR count). The summed E-state index contributed by atoms with van der Waals surface area (Å²) in [7, 11) is 1.50. The van der Waals surface area contributed by atoms with Crippen molar-refractivity contribution < 1.29 is 9.84 Å². The zero-order valence-electron chi connectivity index (χ0n) is 7.39. The summed E-state index contributed by atoms with van der Waals surface area (Å²) in [5, 5.41) is 16.9. The molecule has 0 fully saturated rings. The molecule has 0 saturated heterocycles. The third kappa shape index (κ3) is 2.12. The van der Waals surface area contributed by atoms with Gasteiger partial charge in [-0.25, -0.2) is 0 Å². The maximum absolute atomic E-state index is 9.44. The molecule has 70 valence electrons. The first kappa shape index (κ1) is 10.3. The Hall–Kier alpha value is -0.780. The van der Waals surface area contributed by atoms with E-state index in [4.69, 9.17) is 10.1 Å². The summed E-state index contributed by atoms with van der Waals surface area (Å²) in [5.41, 5.74) is 1.17. The van der Waals surface area contributed by atoms with E-state index in [9.17, 15) is 5.11 Å². The fraction of sp³-hybridized carbons (Fsp3) is 0.222. The summed E-state index contributed by atoms with van der Waals surface area (Å²) in [6, 6.07) is 3.26. The number of ether oxygens (including phenoxy) is 1. The van der Waals surface area contributed by atoms with Crippen LogP contribution in [0.15, 0.2) is 12.1 Å². The maximum atomic E-state index is 9.44. The van der Waals surface area contributed by atoms with Crippen molar-refractivity contribution in [2.45, 2.75) is 6.92 Å². The summed E-state index contributed by atoms with van der Waals surface area (Å²) in [6.07, 6.45) is 0. The number of hydrogen-bond donors (Lipinski definition) is 2. The topological polar surface area (TPSA) is 53.3 Å². The SMILES string of the molecule is COc1cc(I)c(C(C)=N)cc1O. The second-order valence-electron chi connectivity index (χ2n) is 2.63. The molecule has 13 heavy (non-hydrogen) atoms. The number of phenols is 1. The number of aromatic hydroxyl groups is 1. The molecule has 0 unspecified atom stereocenters. The highest BCUT2D eigenvalue weighted by atomic mass is 127. The van der Waals surface area contributed by atoms with Crippen LogP contribution in [0.1, 0.15) is 12.5 Å². The molecule has 4 heteroatoms. The molecular weight excluding hydrogens is 281 g/mol. The van der Waals surface area contributed by atoms with E-state index in [2.05, 4.69) is 22.6 Å². The van der Waals surface area contributed by atoms with Gasteiger partial charge in [-0.05, 0) is 41.6 Å². The summed E-state index contributed by atoms with van der Waals surface area (Å²) < 4.78 is 5.84. The first-order chi connectivity index (χ1) is 6.06. The molecule has 0 amide bonds. The van der Waals surface area contributed by atoms with Gasteiger partial charge in [0.05, 0.1) is 7.11 Å². The van der Waals surface area contributed by atoms with E-state index >= 15 is 0 Å². The molecule has 0 radical (unpaired) electrons. The van der Waals surface area contributed by atoms with Crippen molar-refractivity contribution in [3.8, 4) is 11.5 Å². The molecule has 0 aliphatic heterocycles. The van der Waals surface area contributed by atoms with Crippen LogP contribution in [0.3, 0.4) is 0 Å². The molecular formula is C9H10INO2. The lowest BCUT2D eigenvalue weighted by Crippen LogP contribution is -1.97. The lowest BCUT2D eigenvalue weighted by atomic mass is 10.1. The van der Waals surface area contributed by atoms with E-state index in [1.807, 2.05) is 0 Å². The Balaban J connectivity index is 3.28. The number of halogens is 1. The second-order valence-corrected chi connectivity index (χ2v) is 3.79. The largest absolute Gasteiger partial charge is 0.504 e. The lowest BCUT2D eigenvalue weighted by molar-refractivity contribution is 0.373. The Labute approximate surface area is 90.4 Å². The normalized spacial score (nSPS) is 9.77. The van der Waals surface area contributed by atoms with Crippen molar-refractivity contribution in [3.05, 3.63) is 21.3 Å². The molecule has 0 aliphatic rings. The molecule has 0 aliphatic carbocycles. The molecule has 0 saturated carbocycles. The second kappa shape index (κ2) is 3.95. The highest BCUT2D eigenvalue weighted by Crippen LogP contribution is 2.30. The van der Waals surface area contributed by atoms with Crippen LogP contribution in [0.2, 0.25) is 0 Å². The average Bonchev–Trinajstić information content (AvgIpc) is 2.07. The fourth-order valence-electron chi connectivity index (χ4n) is 0.994. The van der Waals surface area contributed by atoms with Gasteiger partial charge < -0.3 is 15.3 Å². The molecule has 3 nitrogen and oxygen atoms in total. The minimum Gasteiger partial charge on any atom is -0.504 e. The van der Waals surface area contributed by atoms with Gasteiger partial charge in [-0.15, -0.1) is 0 Å². The first-order valence-corrected chi connectivity index (χ1v) is 4.76. The number of benzene rings is 1. The van der Waals surface area contributed by atoms with Crippen molar-refractivity contribution in [2.75, 3.05) is 7.11 Å². The van der Waals surface area contributed by atoms with Crippen LogP contribution < -0.4 is 4.74 Å². The van der Waals surface area contributed by atoms with E-state index < -0.39 is 0 Å². The van der Waals surface area contributed by atoms with E-state index in [1.165, 1.54) is 7.11 Å². The monoisotopic (exact) mass is 291 g/mol. The number of rotatable bonds is 2. The number of hydrogen-bond acceptors (Lipinski definition) is 3. The van der Waals surface area contributed by atoms with Crippen LogP contribution in [0, 0.1) is 8.98 Å². The third-order valence-corrected chi connectivity index (χ3v) is 2.57. The van der Waals surface area contributed by atoms with Crippen molar-refractivity contribution in [3.63, 3.8) is 0 Å². The average molecular weight is 291 g/mol. The molecule has 0 heterocycles. The molecule has 0 atom stereocenters.